The molecule has 0 bridgehead atoms. The maximum atomic E-state index is 12.3. The molecule has 2 atom stereocenters. The van der Waals surface area contributed by atoms with E-state index in [9.17, 15) is 9.59 Å². The Morgan fingerprint density at radius 1 is 1.39 bits per heavy atom. The number of carbonyl (C=O) groups excluding carboxylic acids is 2. The van der Waals surface area contributed by atoms with Crippen molar-refractivity contribution in [2.24, 2.45) is 0 Å². The van der Waals surface area contributed by atoms with E-state index >= 15 is 0 Å². The number of morpholine rings is 1. The molecule has 6 nitrogen and oxygen atoms in total. The quantitative estimate of drug-likeness (QED) is 0.899. The molecule has 0 saturated carbocycles. The van der Waals surface area contributed by atoms with Crippen molar-refractivity contribution in [1.29, 1.82) is 0 Å². The SMILES string of the molecule is CCOc1ccc(NC(=O)C[C@H]2OC[C@@H]3CCCN3C2=O)cc1. The third kappa shape index (κ3) is 3.64. The van der Waals surface area contributed by atoms with Gasteiger partial charge in [0.05, 0.1) is 25.7 Å². The lowest BCUT2D eigenvalue weighted by Gasteiger charge is -2.34. The number of rotatable bonds is 5. The number of amides is 2. The van der Waals surface area contributed by atoms with E-state index < -0.39 is 6.10 Å². The van der Waals surface area contributed by atoms with E-state index in [1.54, 1.807) is 24.3 Å². The normalized spacial score (nSPS) is 23.5. The Morgan fingerprint density at radius 2 is 2.17 bits per heavy atom. The number of hydrogen-bond donors (Lipinski definition) is 1. The molecule has 6 heteroatoms. The molecule has 1 N–H and O–H groups in total. The predicted molar refractivity (Wildman–Crippen MR) is 85.3 cm³/mol. The lowest BCUT2D eigenvalue weighted by molar-refractivity contribution is -0.158. The van der Waals surface area contributed by atoms with Crippen molar-refractivity contribution in [3.8, 4) is 5.75 Å². The molecule has 3 rings (SSSR count). The molecular weight excluding hydrogens is 296 g/mol. The number of carbonyl (C=O) groups is 2. The second kappa shape index (κ2) is 7.00. The molecule has 0 aromatic heterocycles. The second-order valence-corrected chi connectivity index (χ2v) is 5.86. The first-order valence-electron chi connectivity index (χ1n) is 8.12. The van der Waals surface area contributed by atoms with Crippen LogP contribution in [-0.2, 0) is 14.3 Å². The van der Waals surface area contributed by atoms with Gasteiger partial charge in [-0.1, -0.05) is 0 Å². The van der Waals surface area contributed by atoms with Gasteiger partial charge in [-0.15, -0.1) is 0 Å². The van der Waals surface area contributed by atoms with Crippen molar-refractivity contribution in [2.45, 2.75) is 38.3 Å². The lowest BCUT2D eigenvalue weighted by Crippen LogP contribution is -2.51. The highest BCUT2D eigenvalue weighted by Crippen LogP contribution is 2.25. The Balaban J connectivity index is 1.53. The molecule has 124 valence electrons. The lowest BCUT2D eigenvalue weighted by atomic mass is 10.1. The second-order valence-electron chi connectivity index (χ2n) is 5.86. The Kier molecular flexibility index (Phi) is 4.81. The summed E-state index contributed by atoms with van der Waals surface area (Å²) in [4.78, 5) is 26.3. The van der Waals surface area contributed by atoms with Gasteiger partial charge < -0.3 is 19.7 Å². The van der Waals surface area contributed by atoms with Crippen LogP contribution in [0.15, 0.2) is 24.3 Å². The highest BCUT2D eigenvalue weighted by molar-refractivity contribution is 5.95. The van der Waals surface area contributed by atoms with Gasteiger partial charge in [-0.05, 0) is 44.0 Å². The van der Waals surface area contributed by atoms with Gasteiger partial charge in [-0.3, -0.25) is 9.59 Å². The van der Waals surface area contributed by atoms with Gasteiger partial charge in [0.15, 0.2) is 0 Å². The summed E-state index contributed by atoms with van der Waals surface area (Å²) in [5, 5.41) is 2.79. The van der Waals surface area contributed by atoms with Crippen LogP contribution in [0.4, 0.5) is 5.69 Å². The van der Waals surface area contributed by atoms with Crippen molar-refractivity contribution >= 4 is 17.5 Å². The molecule has 1 aromatic carbocycles. The van der Waals surface area contributed by atoms with Crippen LogP contribution in [0.3, 0.4) is 0 Å². The number of nitrogens with zero attached hydrogens (tertiary/aromatic N) is 1. The van der Waals surface area contributed by atoms with Crippen LogP contribution in [-0.4, -0.2) is 48.6 Å². The zero-order valence-electron chi connectivity index (χ0n) is 13.3. The molecule has 0 unspecified atom stereocenters. The third-order valence-electron chi connectivity index (χ3n) is 4.25. The van der Waals surface area contributed by atoms with Crippen molar-refractivity contribution in [1.82, 2.24) is 4.90 Å². The molecule has 2 heterocycles. The monoisotopic (exact) mass is 318 g/mol. The fraction of sp³-hybridized carbons (Fsp3) is 0.529. The first kappa shape index (κ1) is 15.8. The highest BCUT2D eigenvalue weighted by Gasteiger charge is 2.39. The maximum absolute atomic E-state index is 12.3. The van der Waals surface area contributed by atoms with E-state index in [2.05, 4.69) is 5.32 Å². The Morgan fingerprint density at radius 3 is 2.91 bits per heavy atom. The van der Waals surface area contributed by atoms with Crippen LogP contribution in [0.2, 0.25) is 0 Å². The third-order valence-corrected chi connectivity index (χ3v) is 4.25. The minimum absolute atomic E-state index is 0.0509. The minimum atomic E-state index is -0.660. The fourth-order valence-corrected chi connectivity index (χ4v) is 3.11. The topological polar surface area (TPSA) is 67.9 Å². The van der Waals surface area contributed by atoms with E-state index in [-0.39, 0.29) is 24.3 Å². The maximum Gasteiger partial charge on any atom is 0.252 e. The number of benzene rings is 1. The predicted octanol–water partition coefficient (Wildman–Crippen LogP) is 1.80. The molecular formula is C17H22N2O4. The first-order chi connectivity index (χ1) is 11.2. The van der Waals surface area contributed by atoms with Crippen LogP contribution >= 0.6 is 0 Å². The summed E-state index contributed by atoms with van der Waals surface area (Å²) in [5.41, 5.74) is 0.681. The van der Waals surface area contributed by atoms with Gasteiger partial charge in [-0.2, -0.15) is 0 Å². The van der Waals surface area contributed by atoms with Gasteiger partial charge in [-0.25, -0.2) is 0 Å². The molecule has 1 aromatic rings. The van der Waals surface area contributed by atoms with Crippen LogP contribution in [0.1, 0.15) is 26.2 Å². The van der Waals surface area contributed by atoms with E-state index in [0.29, 0.717) is 18.9 Å². The summed E-state index contributed by atoms with van der Waals surface area (Å²) >= 11 is 0. The summed E-state index contributed by atoms with van der Waals surface area (Å²) in [5.74, 6) is 0.488. The highest BCUT2D eigenvalue weighted by atomic mass is 16.5. The first-order valence-corrected chi connectivity index (χ1v) is 8.12. The molecule has 23 heavy (non-hydrogen) atoms. The Bertz CT molecular complexity index is 572. The van der Waals surface area contributed by atoms with Crippen LogP contribution in [0.5, 0.6) is 5.75 Å². The Hall–Kier alpha value is -2.08. The average molecular weight is 318 g/mol. The average Bonchev–Trinajstić information content (AvgIpc) is 3.02. The molecule has 2 amide bonds. The largest absolute Gasteiger partial charge is 0.494 e. The summed E-state index contributed by atoms with van der Waals surface area (Å²) in [6, 6.07) is 7.37. The summed E-state index contributed by atoms with van der Waals surface area (Å²) in [7, 11) is 0. The van der Waals surface area contributed by atoms with Crippen molar-refractivity contribution < 1.29 is 19.1 Å². The number of hydrogen-bond acceptors (Lipinski definition) is 4. The summed E-state index contributed by atoms with van der Waals surface area (Å²) in [6.07, 6.45) is 1.41. The molecule has 0 spiro atoms. The number of fused-ring (bicyclic) bond motifs is 1. The van der Waals surface area contributed by atoms with Crippen molar-refractivity contribution in [3.05, 3.63) is 24.3 Å². The van der Waals surface area contributed by atoms with Crippen LogP contribution < -0.4 is 10.1 Å². The van der Waals surface area contributed by atoms with Gasteiger partial charge in [0, 0.05) is 12.2 Å². The smallest absolute Gasteiger partial charge is 0.252 e. The number of nitrogens with one attached hydrogen (secondary N) is 1. The fourth-order valence-electron chi connectivity index (χ4n) is 3.11. The van der Waals surface area contributed by atoms with Crippen LogP contribution in [0, 0.1) is 0 Å². The van der Waals surface area contributed by atoms with Gasteiger partial charge in [0.1, 0.15) is 11.9 Å². The number of ether oxygens (including phenoxy) is 2. The van der Waals surface area contributed by atoms with Gasteiger partial charge >= 0.3 is 0 Å². The van der Waals surface area contributed by atoms with E-state index in [1.165, 1.54) is 0 Å². The minimum Gasteiger partial charge on any atom is -0.494 e. The molecule has 0 radical (unpaired) electrons. The van der Waals surface area contributed by atoms with E-state index in [0.717, 1.165) is 25.1 Å². The molecule has 2 fully saturated rings. The van der Waals surface area contributed by atoms with Crippen LogP contribution in [0.25, 0.3) is 0 Å². The molecule has 2 saturated heterocycles. The zero-order valence-corrected chi connectivity index (χ0v) is 13.3. The summed E-state index contributed by atoms with van der Waals surface area (Å²) in [6.45, 7) is 3.84. The van der Waals surface area contributed by atoms with Crippen molar-refractivity contribution in [2.75, 3.05) is 25.1 Å². The summed E-state index contributed by atoms with van der Waals surface area (Å²) < 4.78 is 11.0. The van der Waals surface area contributed by atoms with E-state index in [4.69, 9.17) is 9.47 Å². The molecule has 2 aliphatic rings. The Labute approximate surface area is 135 Å². The zero-order chi connectivity index (χ0) is 16.2. The number of anilines is 1. The molecule has 0 aliphatic carbocycles. The van der Waals surface area contributed by atoms with Crippen molar-refractivity contribution in [3.63, 3.8) is 0 Å². The molecule has 2 aliphatic heterocycles. The van der Waals surface area contributed by atoms with E-state index in [1.807, 2.05) is 11.8 Å². The standard InChI is InChI=1S/C17H22N2O4/c1-2-22-14-7-5-12(6-8-14)18-16(20)10-15-17(21)19-9-3-4-13(19)11-23-15/h5-8,13,15H,2-4,9-11H2,1H3,(H,18,20)/t13-,15+/m0/s1. The van der Waals surface area contributed by atoms with Gasteiger partial charge in [0.2, 0.25) is 5.91 Å². The van der Waals surface area contributed by atoms with Gasteiger partial charge in [0.25, 0.3) is 5.91 Å².